The van der Waals surface area contributed by atoms with Gasteiger partial charge in [-0.15, -0.1) is 11.3 Å². The smallest absolute Gasteiger partial charge is 0.214 e. The summed E-state index contributed by atoms with van der Waals surface area (Å²) in [5.74, 6) is 0.585. The maximum absolute atomic E-state index is 4.71. The Morgan fingerprint density at radius 3 is 3.07 bits per heavy atom. The monoisotopic (exact) mass is 203 g/mol. The van der Waals surface area contributed by atoms with Crippen molar-refractivity contribution in [3.8, 4) is 11.4 Å². The molecular formula is C9H5N3OS. The van der Waals surface area contributed by atoms with E-state index in [9.17, 15) is 0 Å². The highest BCUT2D eigenvalue weighted by molar-refractivity contribution is 7.16. The average molecular weight is 203 g/mol. The van der Waals surface area contributed by atoms with Crippen molar-refractivity contribution >= 4 is 21.6 Å². The van der Waals surface area contributed by atoms with Crippen LogP contribution < -0.4 is 0 Å². The van der Waals surface area contributed by atoms with Crippen molar-refractivity contribution < 1.29 is 4.52 Å². The summed E-state index contributed by atoms with van der Waals surface area (Å²) < 4.78 is 5.84. The van der Waals surface area contributed by atoms with Crippen LogP contribution >= 0.6 is 11.3 Å². The van der Waals surface area contributed by atoms with Gasteiger partial charge in [0.25, 0.3) is 0 Å². The molecule has 5 heteroatoms. The second kappa shape index (κ2) is 2.88. The molecule has 2 aromatic heterocycles. The zero-order valence-corrected chi connectivity index (χ0v) is 7.86. The molecule has 0 amide bonds. The van der Waals surface area contributed by atoms with E-state index in [2.05, 4.69) is 15.1 Å². The quantitative estimate of drug-likeness (QED) is 0.609. The molecule has 0 fully saturated rings. The first-order chi connectivity index (χ1) is 6.95. The van der Waals surface area contributed by atoms with E-state index >= 15 is 0 Å². The molecule has 0 unspecified atom stereocenters. The SMILES string of the molecule is c1cc(-c2ncon2)c2ncsc2c1. The third-order valence-electron chi connectivity index (χ3n) is 1.96. The summed E-state index contributed by atoms with van der Waals surface area (Å²) in [5.41, 5.74) is 3.66. The number of thiazole rings is 1. The fourth-order valence-electron chi connectivity index (χ4n) is 1.36. The lowest BCUT2D eigenvalue weighted by Gasteiger charge is -1.94. The Hall–Kier alpha value is -1.75. The van der Waals surface area contributed by atoms with Crippen LogP contribution in [-0.4, -0.2) is 15.1 Å². The van der Waals surface area contributed by atoms with E-state index in [1.165, 1.54) is 6.39 Å². The Kier molecular flexibility index (Phi) is 1.57. The Bertz CT molecular complexity index is 558. The highest BCUT2D eigenvalue weighted by Crippen LogP contribution is 2.27. The van der Waals surface area contributed by atoms with Gasteiger partial charge in [0.15, 0.2) is 0 Å². The molecule has 14 heavy (non-hydrogen) atoms. The Morgan fingerprint density at radius 2 is 2.21 bits per heavy atom. The minimum atomic E-state index is 0.585. The van der Waals surface area contributed by atoms with Gasteiger partial charge in [0.1, 0.15) is 0 Å². The molecule has 0 saturated heterocycles. The predicted octanol–water partition coefficient (Wildman–Crippen LogP) is 2.35. The second-order valence-corrected chi connectivity index (χ2v) is 3.65. The van der Waals surface area contributed by atoms with Gasteiger partial charge in [0.2, 0.25) is 12.2 Å². The minimum absolute atomic E-state index is 0.585. The van der Waals surface area contributed by atoms with E-state index in [4.69, 9.17) is 4.52 Å². The van der Waals surface area contributed by atoms with Crippen molar-refractivity contribution in [2.45, 2.75) is 0 Å². The molecule has 3 aromatic rings. The van der Waals surface area contributed by atoms with Gasteiger partial charge in [-0.2, -0.15) is 4.98 Å². The number of nitrogens with zero attached hydrogens (tertiary/aromatic N) is 3. The molecular weight excluding hydrogens is 198 g/mol. The van der Waals surface area contributed by atoms with Gasteiger partial charge in [-0.05, 0) is 12.1 Å². The molecule has 0 aliphatic rings. The molecule has 0 saturated carbocycles. The van der Waals surface area contributed by atoms with Gasteiger partial charge in [-0.3, -0.25) is 0 Å². The molecule has 4 nitrogen and oxygen atoms in total. The van der Waals surface area contributed by atoms with Gasteiger partial charge < -0.3 is 4.52 Å². The van der Waals surface area contributed by atoms with E-state index in [1.54, 1.807) is 11.3 Å². The largest absolute Gasteiger partial charge is 0.342 e. The highest BCUT2D eigenvalue weighted by Gasteiger charge is 2.08. The van der Waals surface area contributed by atoms with Gasteiger partial charge in [-0.1, -0.05) is 11.2 Å². The molecule has 0 spiro atoms. The molecule has 0 radical (unpaired) electrons. The van der Waals surface area contributed by atoms with Crippen molar-refractivity contribution in [3.63, 3.8) is 0 Å². The summed E-state index contributed by atoms with van der Waals surface area (Å²) >= 11 is 1.60. The minimum Gasteiger partial charge on any atom is -0.342 e. The summed E-state index contributed by atoms with van der Waals surface area (Å²) in [6, 6.07) is 5.93. The number of hydrogen-bond donors (Lipinski definition) is 0. The second-order valence-electron chi connectivity index (χ2n) is 2.76. The van der Waals surface area contributed by atoms with Gasteiger partial charge >= 0.3 is 0 Å². The molecule has 68 valence electrons. The van der Waals surface area contributed by atoms with Crippen LogP contribution in [0.2, 0.25) is 0 Å². The molecule has 2 heterocycles. The fraction of sp³-hybridized carbons (Fsp3) is 0. The molecule has 0 aliphatic carbocycles. The molecule has 3 rings (SSSR count). The van der Waals surface area contributed by atoms with Crippen LogP contribution in [0.3, 0.4) is 0 Å². The standard InChI is InChI=1S/C9H5N3OS/c1-2-6(9-10-4-13-12-9)8-7(3-1)14-5-11-8/h1-5H. The number of fused-ring (bicyclic) bond motifs is 1. The number of para-hydroxylation sites is 1. The number of hydrogen-bond acceptors (Lipinski definition) is 5. The average Bonchev–Trinajstić information content (AvgIpc) is 2.88. The maximum Gasteiger partial charge on any atom is 0.214 e. The van der Waals surface area contributed by atoms with Crippen LogP contribution in [0.15, 0.2) is 34.6 Å². The highest BCUT2D eigenvalue weighted by atomic mass is 32.1. The summed E-state index contributed by atoms with van der Waals surface area (Å²) in [4.78, 5) is 8.27. The normalized spacial score (nSPS) is 10.9. The van der Waals surface area contributed by atoms with E-state index in [1.807, 2.05) is 23.7 Å². The van der Waals surface area contributed by atoms with Crippen LogP contribution in [0.4, 0.5) is 0 Å². The number of rotatable bonds is 1. The Balaban J connectivity index is 2.36. The predicted molar refractivity (Wildman–Crippen MR) is 52.9 cm³/mol. The zero-order valence-electron chi connectivity index (χ0n) is 7.04. The van der Waals surface area contributed by atoms with E-state index in [-0.39, 0.29) is 0 Å². The molecule has 1 aromatic carbocycles. The van der Waals surface area contributed by atoms with Crippen LogP contribution in [0, 0.1) is 0 Å². The Labute approximate surface area is 83.2 Å². The van der Waals surface area contributed by atoms with Crippen LogP contribution in [0.5, 0.6) is 0 Å². The van der Waals surface area contributed by atoms with Gasteiger partial charge in [0, 0.05) is 5.56 Å². The lowest BCUT2D eigenvalue weighted by atomic mass is 10.2. The van der Waals surface area contributed by atoms with Crippen molar-refractivity contribution in [2.24, 2.45) is 0 Å². The summed E-state index contributed by atoms with van der Waals surface area (Å²) in [6.07, 6.45) is 1.32. The van der Waals surface area contributed by atoms with E-state index in [0.717, 1.165) is 15.8 Å². The third-order valence-corrected chi connectivity index (χ3v) is 2.76. The summed E-state index contributed by atoms with van der Waals surface area (Å²) in [7, 11) is 0. The topological polar surface area (TPSA) is 51.8 Å². The van der Waals surface area contributed by atoms with E-state index < -0.39 is 0 Å². The summed E-state index contributed by atoms with van der Waals surface area (Å²) in [6.45, 7) is 0. The first-order valence-electron chi connectivity index (χ1n) is 4.04. The number of aromatic nitrogens is 3. The van der Waals surface area contributed by atoms with Gasteiger partial charge in [-0.25, -0.2) is 4.98 Å². The van der Waals surface area contributed by atoms with E-state index in [0.29, 0.717) is 5.82 Å². The molecule has 0 atom stereocenters. The number of benzene rings is 1. The van der Waals surface area contributed by atoms with Crippen LogP contribution in [0.1, 0.15) is 0 Å². The lowest BCUT2D eigenvalue weighted by Crippen LogP contribution is -1.81. The third kappa shape index (κ3) is 1.03. The van der Waals surface area contributed by atoms with Crippen molar-refractivity contribution in [1.82, 2.24) is 15.1 Å². The first-order valence-corrected chi connectivity index (χ1v) is 4.92. The lowest BCUT2D eigenvalue weighted by molar-refractivity contribution is 0.419. The molecule has 0 bridgehead atoms. The first kappa shape index (κ1) is 7.64. The van der Waals surface area contributed by atoms with Gasteiger partial charge in [0.05, 0.1) is 15.7 Å². The Morgan fingerprint density at radius 1 is 1.21 bits per heavy atom. The molecule has 0 aliphatic heterocycles. The van der Waals surface area contributed by atoms with Crippen molar-refractivity contribution in [2.75, 3.05) is 0 Å². The fourth-order valence-corrected chi connectivity index (χ4v) is 2.06. The maximum atomic E-state index is 4.71. The van der Waals surface area contributed by atoms with Crippen molar-refractivity contribution in [3.05, 3.63) is 30.1 Å². The summed E-state index contributed by atoms with van der Waals surface area (Å²) in [5, 5.41) is 3.79. The zero-order chi connectivity index (χ0) is 9.38. The molecule has 0 N–H and O–H groups in total. The van der Waals surface area contributed by atoms with Crippen molar-refractivity contribution in [1.29, 1.82) is 0 Å². The van der Waals surface area contributed by atoms with Crippen LogP contribution in [0.25, 0.3) is 21.6 Å². The van der Waals surface area contributed by atoms with Crippen LogP contribution in [-0.2, 0) is 0 Å².